The highest BCUT2D eigenvalue weighted by atomic mass is 32.2. The van der Waals surface area contributed by atoms with E-state index in [1.54, 1.807) is 29.7 Å². The smallest absolute Gasteiger partial charge is 0.243 e. The highest BCUT2D eigenvalue weighted by Crippen LogP contribution is 2.34. The van der Waals surface area contributed by atoms with Crippen LogP contribution in [0.5, 0.6) is 11.5 Å². The lowest BCUT2D eigenvalue weighted by atomic mass is 9.97. The van der Waals surface area contributed by atoms with Crippen molar-refractivity contribution in [1.29, 1.82) is 0 Å². The van der Waals surface area contributed by atoms with Gasteiger partial charge in [0.2, 0.25) is 15.9 Å². The summed E-state index contributed by atoms with van der Waals surface area (Å²) < 4.78 is 39.0. The molecule has 0 spiro atoms. The molecule has 34 heavy (non-hydrogen) atoms. The monoisotopic (exact) mass is 499 g/mol. The summed E-state index contributed by atoms with van der Waals surface area (Å²) in [5.41, 5.74) is 1.72. The average molecular weight is 500 g/mol. The Morgan fingerprint density at radius 3 is 2.47 bits per heavy atom. The fraction of sp³-hybridized carbons (Fsp3) is 0.333. The molecular weight excluding hydrogens is 474 g/mol. The maximum Gasteiger partial charge on any atom is 0.243 e. The number of nitrogens with zero attached hydrogens (tertiary/aromatic N) is 2. The maximum atomic E-state index is 13.2. The van der Waals surface area contributed by atoms with Crippen molar-refractivity contribution in [3.8, 4) is 22.1 Å². The number of piperidine rings is 1. The van der Waals surface area contributed by atoms with Crippen LogP contribution in [0.4, 0.5) is 5.69 Å². The van der Waals surface area contributed by atoms with Crippen LogP contribution in [0.25, 0.3) is 10.6 Å². The van der Waals surface area contributed by atoms with Gasteiger partial charge in [0.25, 0.3) is 0 Å². The molecule has 2 aromatic carbocycles. The lowest BCUT2D eigenvalue weighted by Crippen LogP contribution is -2.41. The molecule has 3 aromatic rings. The van der Waals surface area contributed by atoms with Crippen molar-refractivity contribution in [2.75, 3.05) is 31.6 Å². The zero-order valence-corrected chi connectivity index (χ0v) is 20.1. The molecule has 0 atom stereocenters. The number of amides is 1. The number of fused-ring (bicyclic) bond motifs is 1. The van der Waals surface area contributed by atoms with Crippen LogP contribution in [0.2, 0.25) is 0 Å². The molecule has 1 fully saturated rings. The van der Waals surface area contributed by atoms with Crippen molar-refractivity contribution in [2.45, 2.75) is 24.2 Å². The number of ether oxygens (including phenoxy) is 2. The summed E-state index contributed by atoms with van der Waals surface area (Å²) >= 11 is 1.56. The van der Waals surface area contributed by atoms with E-state index in [4.69, 9.17) is 9.47 Å². The molecule has 10 heteroatoms. The van der Waals surface area contributed by atoms with E-state index in [2.05, 4.69) is 10.3 Å². The Balaban J connectivity index is 1.19. The summed E-state index contributed by atoms with van der Waals surface area (Å²) in [7, 11) is -3.68. The minimum atomic E-state index is -3.68. The number of hydrogen-bond acceptors (Lipinski definition) is 7. The molecule has 0 saturated carbocycles. The quantitative estimate of drug-likeness (QED) is 0.570. The van der Waals surface area contributed by atoms with Crippen molar-refractivity contribution in [2.24, 2.45) is 5.92 Å². The molecule has 1 amide bonds. The van der Waals surface area contributed by atoms with Gasteiger partial charge in [-0.05, 0) is 49.2 Å². The second-order valence-electron chi connectivity index (χ2n) is 8.24. The van der Waals surface area contributed by atoms with E-state index in [9.17, 15) is 13.2 Å². The standard InChI is InChI=1S/C24H25N3O5S2/c28-23(26-19-4-2-18(3-5-19)24-25-10-15-33-24)17-8-11-27(12-9-17)34(29,30)20-6-7-21-22(16-20)32-14-1-13-31-21/h2-7,10,15-17H,1,8-9,11-14H2,(H,26,28). The van der Waals surface area contributed by atoms with Crippen LogP contribution >= 0.6 is 11.3 Å². The van der Waals surface area contributed by atoms with Gasteiger partial charge >= 0.3 is 0 Å². The summed E-state index contributed by atoms with van der Waals surface area (Å²) in [6.07, 6.45) is 3.44. The Morgan fingerprint density at radius 2 is 1.76 bits per heavy atom. The first kappa shape index (κ1) is 22.8. The average Bonchev–Trinajstić information content (AvgIpc) is 3.29. The van der Waals surface area contributed by atoms with Crippen LogP contribution in [0.3, 0.4) is 0 Å². The molecule has 2 aliphatic heterocycles. The topological polar surface area (TPSA) is 97.8 Å². The van der Waals surface area contributed by atoms with Crippen LogP contribution in [-0.4, -0.2) is 49.9 Å². The van der Waals surface area contributed by atoms with Crippen LogP contribution in [0.1, 0.15) is 19.3 Å². The highest BCUT2D eigenvalue weighted by molar-refractivity contribution is 7.89. The second-order valence-corrected chi connectivity index (χ2v) is 11.1. The Hall–Kier alpha value is -2.95. The molecule has 1 N–H and O–H groups in total. The fourth-order valence-electron chi connectivity index (χ4n) is 4.12. The Morgan fingerprint density at radius 1 is 1.03 bits per heavy atom. The zero-order chi connectivity index (χ0) is 23.5. The SMILES string of the molecule is O=C(Nc1ccc(-c2nccs2)cc1)C1CCN(S(=O)(=O)c2ccc3c(c2)OCCCO3)CC1. The maximum absolute atomic E-state index is 13.2. The van der Waals surface area contributed by atoms with Gasteiger partial charge in [0.05, 0.1) is 18.1 Å². The van der Waals surface area contributed by atoms with Gasteiger partial charge < -0.3 is 14.8 Å². The summed E-state index contributed by atoms with van der Waals surface area (Å²) in [6.45, 7) is 1.62. The third-order valence-electron chi connectivity index (χ3n) is 6.01. The largest absolute Gasteiger partial charge is 0.490 e. The molecule has 8 nitrogen and oxygen atoms in total. The highest BCUT2D eigenvalue weighted by Gasteiger charge is 2.32. The fourth-order valence-corrected chi connectivity index (χ4v) is 6.25. The van der Waals surface area contributed by atoms with Crippen molar-refractivity contribution in [1.82, 2.24) is 9.29 Å². The molecule has 0 radical (unpaired) electrons. The van der Waals surface area contributed by atoms with E-state index in [0.717, 1.165) is 17.0 Å². The van der Waals surface area contributed by atoms with Gasteiger partial charge in [-0.2, -0.15) is 4.31 Å². The van der Waals surface area contributed by atoms with E-state index in [-0.39, 0.29) is 29.8 Å². The number of nitrogens with one attached hydrogen (secondary N) is 1. The number of benzene rings is 2. The minimum Gasteiger partial charge on any atom is -0.490 e. The lowest BCUT2D eigenvalue weighted by Gasteiger charge is -2.30. The number of rotatable bonds is 5. The van der Waals surface area contributed by atoms with Crippen LogP contribution in [-0.2, 0) is 14.8 Å². The van der Waals surface area contributed by atoms with Crippen molar-refractivity contribution >= 4 is 33.0 Å². The van der Waals surface area contributed by atoms with Gasteiger partial charge in [-0.25, -0.2) is 13.4 Å². The van der Waals surface area contributed by atoms with E-state index in [1.165, 1.54) is 10.4 Å². The third-order valence-corrected chi connectivity index (χ3v) is 8.73. The van der Waals surface area contributed by atoms with Crippen LogP contribution < -0.4 is 14.8 Å². The first-order valence-electron chi connectivity index (χ1n) is 11.2. The van der Waals surface area contributed by atoms with E-state index >= 15 is 0 Å². The van der Waals surface area contributed by atoms with Crippen LogP contribution in [0.15, 0.2) is 58.9 Å². The molecule has 0 unspecified atom stereocenters. The third kappa shape index (κ3) is 4.79. The number of sulfonamides is 1. The van der Waals surface area contributed by atoms with Crippen molar-refractivity contribution < 1.29 is 22.7 Å². The molecule has 1 saturated heterocycles. The number of aromatic nitrogens is 1. The summed E-state index contributed by atoms with van der Waals surface area (Å²) in [5, 5.41) is 5.81. The lowest BCUT2D eigenvalue weighted by molar-refractivity contribution is -0.120. The normalized spacial score (nSPS) is 17.2. The van der Waals surface area contributed by atoms with E-state index in [0.29, 0.717) is 43.2 Å². The minimum absolute atomic E-state index is 0.0883. The predicted molar refractivity (Wildman–Crippen MR) is 130 cm³/mol. The van der Waals surface area contributed by atoms with Crippen molar-refractivity contribution in [3.05, 3.63) is 54.0 Å². The second kappa shape index (κ2) is 9.73. The molecule has 3 heterocycles. The number of carbonyl (C=O) groups excluding carboxylic acids is 1. The van der Waals surface area contributed by atoms with E-state index < -0.39 is 10.0 Å². The van der Waals surface area contributed by atoms with E-state index in [1.807, 2.05) is 29.6 Å². The Labute approximate surface area is 202 Å². The molecule has 0 bridgehead atoms. The Bertz CT molecular complexity index is 1250. The zero-order valence-electron chi connectivity index (χ0n) is 18.5. The van der Waals surface area contributed by atoms with Gasteiger partial charge in [0.15, 0.2) is 11.5 Å². The van der Waals surface area contributed by atoms with Gasteiger partial charge in [-0.1, -0.05) is 0 Å². The van der Waals surface area contributed by atoms with Crippen LogP contribution in [0, 0.1) is 5.92 Å². The van der Waals surface area contributed by atoms with Gasteiger partial charge in [0.1, 0.15) is 5.01 Å². The number of thiazole rings is 1. The molecule has 5 rings (SSSR count). The molecule has 0 aliphatic carbocycles. The Kier molecular flexibility index (Phi) is 6.53. The summed E-state index contributed by atoms with van der Waals surface area (Å²) in [6, 6.07) is 12.3. The summed E-state index contributed by atoms with van der Waals surface area (Å²) in [5.74, 6) is 0.684. The van der Waals surface area contributed by atoms with Gasteiger partial charge in [-0.15, -0.1) is 11.3 Å². The molecular formula is C24H25N3O5S2. The van der Waals surface area contributed by atoms with Crippen molar-refractivity contribution in [3.63, 3.8) is 0 Å². The number of hydrogen-bond donors (Lipinski definition) is 1. The molecule has 1 aromatic heterocycles. The molecule has 178 valence electrons. The first-order chi connectivity index (χ1) is 16.5. The predicted octanol–water partition coefficient (Wildman–Crippen LogP) is 4.01. The number of anilines is 1. The number of carbonyl (C=O) groups is 1. The summed E-state index contributed by atoms with van der Waals surface area (Å²) in [4.78, 5) is 17.3. The molecule has 2 aliphatic rings. The van der Waals surface area contributed by atoms with Gasteiger partial charge in [0, 0.05) is 54.3 Å². The first-order valence-corrected chi connectivity index (χ1v) is 13.5. The van der Waals surface area contributed by atoms with Gasteiger partial charge in [-0.3, -0.25) is 4.79 Å².